The van der Waals surface area contributed by atoms with E-state index in [1.54, 1.807) is 24.3 Å². The van der Waals surface area contributed by atoms with Gasteiger partial charge in [-0.05, 0) is 103 Å². The van der Waals surface area contributed by atoms with Crippen LogP contribution in [0.15, 0.2) is 48.1 Å². The number of allylic oxidation sites excluding steroid dienone is 1. The Hall–Kier alpha value is -1.67. The Balaban J connectivity index is 1.55. The molecule has 4 aliphatic carbocycles. The number of ketones is 1. The molecule has 4 aliphatic rings. The fourth-order valence-corrected chi connectivity index (χ4v) is 8.96. The van der Waals surface area contributed by atoms with Gasteiger partial charge >= 0.3 is 11.9 Å². The summed E-state index contributed by atoms with van der Waals surface area (Å²) in [7, 11) is 0. The highest BCUT2D eigenvalue weighted by atomic mass is 127. The number of halogens is 2. The second-order valence-electron chi connectivity index (χ2n) is 11.2. The number of hydrogen-bond acceptors (Lipinski definition) is 4. The van der Waals surface area contributed by atoms with Crippen molar-refractivity contribution in [1.29, 1.82) is 0 Å². The second-order valence-corrected chi connectivity index (χ2v) is 13.1. The molecule has 0 spiro atoms. The van der Waals surface area contributed by atoms with Crippen molar-refractivity contribution >= 4 is 51.9 Å². The molecule has 1 unspecified atom stereocenters. The molecule has 1 aromatic carbocycles. The van der Waals surface area contributed by atoms with Crippen molar-refractivity contribution in [2.75, 3.05) is 0 Å². The lowest BCUT2D eigenvalue weighted by Crippen LogP contribution is -2.64. The highest BCUT2D eigenvalue weighted by molar-refractivity contribution is 14.1. The van der Waals surface area contributed by atoms with Gasteiger partial charge in [0.15, 0.2) is 5.78 Å². The van der Waals surface area contributed by atoms with E-state index in [1.807, 2.05) is 13.0 Å². The molecule has 6 atom stereocenters. The summed E-state index contributed by atoms with van der Waals surface area (Å²) in [6, 6.07) is 6.96. The number of aliphatic carboxylic acids is 1. The Labute approximate surface area is 224 Å². The normalized spacial score (nSPS) is 40.3. The van der Waals surface area contributed by atoms with Gasteiger partial charge in [-0.1, -0.05) is 32.1 Å². The van der Waals surface area contributed by atoms with E-state index in [-0.39, 0.29) is 23.0 Å². The van der Waals surface area contributed by atoms with Crippen molar-refractivity contribution < 1.29 is 24.2 Å². The largest absolute Gasteiger partial charge is 0.478 e. The molecular weight excluding hydrogens is 579 g/mol. The van der Waals surface area contributed by atoms with Crippen LogP contribution in [0.5, 0.6) is 0 Å². The van der Waals surface area contributed by atoms with Crippen molar-refractivity contribution in [2.24, 2.45) is 22.7 Å². The van der Waals surface area contributed by atoms with Crippen LogP contribution in [0.4, 0.5) is 0 Å². The molecule has 5 rings (SSSR count). The van der Waals surface area contributed by atoms with Gasteiger partial charge in [0.2, 0.25) is 5.60 Å². The molecule has 0 bridgehead atoms. The quantitative estimate of drug-likeness (QED) is 0.188. The van der Waals surface area contributed by atoms with Gasteiger partial charge in [-0.2, -0.15) is 0 Å². The Bertz CT molecular complexity index is 1190. The van der Waals surface area contributed by atoms with E-state index in [0.29, 0.717) is 43.2 Å². The number of hydrogen-bond donors (Lipinski definition) is 1. The monoisotopic (exact) mass is 608 g/mol. The van der Waals surface area contributed by atoms with Crippen LogP contribution in [0.25, 0.3) is 0 Å². The summed E-state index contributed by atoms with van der Waals surface area (Å²) in [6.07, 6.45) is 6.12. The highest BCUT2D eigenvalue weighted by Crippen LogP contribution is 2.72. The predicted molar refractivity (Wildman–Crippen MR) is 141 cm³/mol. The van der Waals surface area contributed by atoms with Gasteiger partial charge in [0.05, 0.1) is 10.4 Å². The Morgan fingerprint density at radius 3 is 2.60 bits per heavy atom. The molecule has 1 N–H and O–H groups in total. The summed E-state index contributed by atoms with van der Waals surface area (Å²) in [5.41, 5.74) is -1.06. The summed E-state index contributed by atoms with van der Waals surface area (Å²) < 4.78 is 6.87. The average Bonchev–Trinajstić information content (AvgIpc) is 3.02. The lowest BCUT2D eigenvalue weighted by Gasteiger charge is -2.62. The molecule has 3 saturated carbocycles. The van der Waals surface area contributed by atoms with Crippen LogP contribution in [0.2, 0.25) is 0 Å². The van der Waals surface area contributed by atoms with Gasteiger partial charge in [-0.15, -0.1) is 11.6 Å². The van der Waals surface area contributed by atoms with Crippen LogP contribution in [0, 0.1) is 26.2 Å². The zero-order valence-electron chi connectivity index (χ0n) is 20.0. The van der Waals surface area contributed by atoms with E-state index in [2.05, 4.69) is 36.1 Å². The van der Waals surface area contributed by atoms with Gasteiger partial charge in [-0.3, -0.25) is 4.79 Å². The number of alkyl halides is 1. The van der Waals surface area contributed by atoms with Gasteiger partial charge in [-0.25, -0.2) is 9.59 Å². The number of ether oxygens (including phenoxy) is 1. The van der Waals surface area contributed by atoms with E-state index in [1.165, 1.54) is 0 Å². The van der Waals surface area contributed by atoms with Crippen LogP contribution >= 0.6 is 34.2 Å². The van der Waals surface area contributed by atoms with E-state index in [9.17, 15) is 19.5 Å². The van der Waals surface area contributed by atoms with E-state index >= 15 is 0 Å². The van der Waals surface area contributed by atoms with E-state index in [0.717, 1.165) is 22.0 Å². The maximum atomic E-state index is 13.2. The zero-order chi connectivity index (χ0) is 25.4. The van der Waals surface area contributed by atoms with Crippen molar-refractivity contribution in [3.8, 4) is 0 Å². The predicted octanol–water partition coefficient (Wildman–Crippen LogP) is 6.33. The summed E-state index contributed by atoms with van der Waals surface area (Å²) in [4.78, 5) is 37.8. The van der Waals surface area contributed by atoms with Crippen molar-refractivity contribution in [3.05, 3.63) is 57.2 Å². The maximum absolute atomic E-state index is 13.2. The minimum absolute atomic E-state index is 0.0348. The molecule has 0 heterocycles. The molecule has 3 fully saturated rings. The van der Waals surface area contributed by atoms with Crippen LogP contribution in [-0.2, 0) is 14.3 Å². The molecule has 0 amide bonds. The van der Waals surface area contributed by atoms with Crippen LogP contribution in [-0.4, -0.2) is 33.3 Å². The number of esters is 1. The first-order valence-electron chi connectivity index (χ1n) is 12.2. The molecule has 0 radical (unpaired) electrons. The van der Waals surface area contributed by atoms with Gasteiger partial charge in [0.25, 0.3) is 0 Å². The number of carboxylic acids is 1. The topological polar surface area (TPSA) is 80.7 Å². The second kappa shape index (κ2) is 8.17. The van der Waals surface area contributed by atoms with Gasteiger partial charge in [0, 0.05) is 20.8 Å². The summed E-state index contributed by atoms with van der Waals surface area (Å²) >= 11 is 9.68. The fraction of sp³-hybridized carbons (Fsp3) is 0.536. The SMILES string of the molecule is C=C1C[C@H]2[C@@H]3CCC4=CC(=O)CC[C@]4(C)[C@]3(Cl)CC[C@]2(C)C1(OC(=O)c1cccc(I)c1)C(=O)O. The number of rotatable bonds is 3. The van der Waals surface area contributed by atoms with E-state index < -0.39 is 27.8 Å². The Kier molecular flexibility index (Phi) is 5.83. The smallest absolute Gasteiger partial charge is 0.353 e. The molecule has 7 heteroatoms. The fourth-order valence-electron chi connectivity index (χ4n) is 7.84. The van der Waals surface area contributed by atoms with Crippen molar-refractivity contribution in [2.45, 2.75) is 69.3 Å². The molecular formula is C28H30ClIO5. The molecule has 0 aromatic heterocycles. The number of carbonyl (C=O) groups is 3. The number of carbonyl (C=O) groups excluding carboxylic acids is 2. The Morgan fingerprint density at radius 1 is 1.17 bits per heavy atom. The number of fused-ring (bicyclic) bond motifs is 5. The van der Waals surface area contributed by atoms with Gasteiger partial charge < -0.3 is 9.84 Å². The summed E-state index contributed by atoms with van der Waals surface area (Å²) in [5, 5.41) is 10.6. The summed E-state index contributed by atoms with van der Waals surface area (Å²) in [6.45, 7) is 8.30. The van der Waals surface area contributed by atoms with Gasteiger partial charge in [0.1, 0.15) is 0 Å². The van der Waals surface area contributed by atoms with E-state index in [4.69, 9.17) is 16.3 Å². The molecule has 1 aromatic rings. The number of benzene rings is 1. The zero-order valence-corrected chi connectivity index (χ0v) is 22.9. The van der Waals surface area contributed by atoms with Crippen LogP contribution in [0.3, 0.4) is 0 Å². The molecule has 35 heavy (non-hydrogen) atoms. The lowest BCUT2D eigenvalue weighted by atomic mass is 9.46. The molecule has 5 nitrogen and oxygen atoms in total. The maximum Gasteiger partial charge on any atom is 0.353 e. The minimum atomic E-state index is -1.81. The molecule has 0 aliphatic heterocycles. The third kappa shape index (κ3) is 3.27. The first-order valence-corrected chi connectivity index (χ1v) is 13.7. The van der Waals surface area contributed by atoms with Crippen molar-refractivity contribution in [3.63, 3.8) is 0 Å². The Morgan fingerprint density at radius 2 is 1.91 bits per heavy atom. The first-order chi connectivity index (χ1) is 16.4. The lowest BCUT2D eigenvalue weighted by molar-refractivity contribution is -0.175. The third-order valence-electron chi connectivity index (χ3n) is 9.83. The summed E-state index contributed by atoms with van der Waals surface area (Å²) in [5.74, 6) is -1.70. The molecule has 186 valence electrons. The third-order valence-corrected chi connectivity index (χ3v) is 11.4. The number of carboxylic acid groups (broad SMARTS) is 1. The van der Waals surface area contributed by atoms with Crippen LogP contribution in [0.1, 0.15) is 69.2 Å². The standard InChI is InChI=1S/C28H30ClIO5/c1-16-13-22-21-8-7-18-15-20(31)9-10-25(18,2)27(21,29)12-11-26(22,3)28(16,24(33)34)35-23(32)17-5-4-6-19(30)14-17/h4-6,14-15,21-22H,1,7-13H2,2-3H3,(H,33,34)/t21-,22-,25-,26-,27-,28?/m0/s1. The minimum Gasteiger partial charge on any atom is -0.478 e. The average molecular weight is 609 g/mol. The first kappa shape index (κ1) is 25.0. The highest BCUT2D eigenvalue weighted by Gasteiger charge is 2.74. The van der Waals surface area contributed by atoms with Crippen molar-refractivity contribution in [1.82, 2.24) is 0 Å². The molecule has 0 saturated heterocycles. The van der Waals surface area contributed by atoms with Crippen LogP contribution < -0.4 is 0 Å².